The maximum atomic E-state index is 15.0. The highest BCUT2D eigenvalue weighted by atomic mass is 19.1. The molecule has 15 N–H and O–H groups in total. The lowest BCUT2D eigenvalue weighted by molar-refractivity contribution is -0.142. The molecule has 0 radical (unpaired) electrons. The number of fused-ring (bicyclic) bond motifs is 2. The Kier molecular flexibility index (Phi) is 23.2. The summed E-state index contributed by atoms with van der Waals surface area (Å²) in [6.07, 6.45) is 4.19. The van der Waals surface area contributed by atoms with Gasteiger partial charge >= 0.3 is 0 Å². The molecule has 86 heavy (non-hydrogen) atoms. The van der Waals surface area contributed by atoms with Crippen molar-refractivity contribution in [2.24, 2.45) is 22.4 Å². The maximum absolute atomic E-state index is 15.0. The number of rotatable bonds is 30. The lowest BCUT2D eigenvalue weighted by atomic mass is 9.99. The standard InChI is InChI=1S/C62H78FN13O10/c1-4-66-60(85)53-20-12-28-76(53)61(86)47(19-11-27-67-62(64)65)71-55(80)48(29-36(2)3)72-58(83)51(32-40-34-69-46-18-10-7-15-43(40)46)74-56(81)49(30-37-21-24-41(78)25-22-37)73-59(84)52(35-77)75-57(82)50(31-39-33-68-45-17-9-6-14-42(39)45)70-54(79)26-23-38-13-5-8-16-44(38)63/h5-10,13-18,21-22,24-25,33-34,36,47-53,68-69,77-78H,4,11-12,19-20,23,26-32,35H2,1-3H3,(H,66,85)(H,70,79)(H,71,80)(H,72,83)(H,73,84)(H,74,81)(H,75,82)(H4,64,65,67)/t47-,48-,49-,50-,51+,52-,53+/m0/s1. The summed E-state index contributed by atoms with van der Waals surface area (Å²) < 4.78 is 14.5. The van der Waals surface area contributed by atoms with Crippen LogP contribution >= 0.6 is 0 Å². The SMILES string of the molecule is CCNC(=O)[C@H]1CCCN1C(=O)[C@H](CCCN=C(N)N)NC(=O)[C@H](CC(C)C)NC(=O)[C@@H](Cc1c[nH]c2ccccc12)NC(=O)[C@H](Cc1ccc(O)cc1)NC(=O)[C@H](CO)NC(=O)[C@H](Cc1c[nH]c2ccccc12)NC(=O)CCc1ccccc1F. The van der Waals surface area contributed by atoms with Crippen molar-refractivity contribution in [2.75, 3.05) is 26.2 Å². The second-order valence-electron chi connectivity index (χ2n) is 21.9. The van der Waals surface area contributed by atoms with Gasteiger partial charge in [-0.15, -0.1) is 0 Å². The number of hydrogen-bond donors (Lipinski definition) is 13. The molecule has 24 heteroatoms. The number of aromatic hydroxyl groups is 1. The zero-order valence-electron chi connectivity index (χ0n) is 48.5. The molecular formula is C62H78FN13O10. The number of aromatic amines is 2. The Hall–Kier alpha value is -9.32. The summed E-state index contributed by atoms with van der Waals surface area (Å²) in [6.45, 7) is 5.25. The topological polar surface area (TPSA) is 360 Å². The number of aliphatic imine (C=N–C) groups is 1. The van der Waals surface area contributed by atoms with Crippen LogP contribution in [0.4, 0.5) is 4.39 Å². The Morgan fingerprint density at radius 2 is 1.19 bits per heavy atom. The first-order valence-corrected chi connectivity index (χ1v) is 29.0. The first kappa shape index (κ1) is 64.2. The van der Waals surface area contributed by atoms with Crippen LogP contribution in [0.15, 0.2) is 114 Å². The van der Waals surface area contributed by atoms with E-state index in [1.54, 1.807) is 37.5 Å². The van der Waals surface area contributed by atoms with Crippen molar-refractivity contribution in [1.82, 2.24) is 52.1 Å². The van der Waals surface area contributed by atoms with E-state index < -0.39 is 96.1 Å². The highest BCUT2D eigenvalue weighted by molar-refractivity contribution is 5.99. The molecule has 0 unspecified atom stereocenters. The summed E-state index contributed by atoms with van der Waals surface area (Å²) in [6, 6.07) is 17.2. The van der Waals surface area contributed by atoms with E-state index in [0.29, 0.717) is 41.6 Å². The van der Waals surface area contributed by atoms with Gasteiger partial charge in [-0.05, 0) is 104 Å². The molecule has 8 amide bonds. The normalized spacial score (nSPS) is 15.1. The number of likely N-dealkylation sites (tertiary alicyclic amines) is 1. The minimum absolute atomic E-state index is 0.0261. The minimum atomic E-state index is -1.70. The number of aromatic nitrogens is 2. The number of nitrogens with two attached hydrogens (primary N) is 2. The molecule has 1 aliphatic rings. The average Bonchev–Trinajstić information content (AvgIpc) is 4.30. The second-order valence-corrected chi connectivity index (χ2v) is 21.9. The number of aryl methyl sites for hydroxylation is 1. The monoisotopic (exact) mass is 1180 g/mol. The van der Waals surface area contributed by atoms with Gasteiger partial charge in [0.1, 0.15) is 53.9 Å². The van der Waals surface area contributed by atoms with Crippen LogP contribution in [-0.2, 0) is 64.0 Å². The van der Waals surface area contributed by atoms with Gasteiger partial charge in [-0.2, -0.15) is 0 Å². The number of guanidine groups is 1. The summed E-state index contributed by atoms with van der Waals surface area (Å²) in [5, 5.41) is 41.6. The number of carbonyl (C=O) groups is 8. The zero-order valence-corrected chi connectivity index (χ0v) is 48.5. The van der Waals surface area contributed by atoms with Gasteiger partial charge in [-0.3, -0.25) is 43.3 Å². The molecule has 3 heterocycles. The van der Waals surface area contributed by atoms with E-state index in [-0.39, 0.29) is 88.0 Å². The van der Waals surface area contributed by atoms with Crippen molar-refractivity contribution in [3.05, 3.63) is 138 Å². The highest BCUT2D eigenvalue weighted by Gasteiger charge is 2.39. The lowest BCUT2D eigenvalue weighted by Gasteiger charge is -2.30. The smallest absolute Gasteiger partial charge is 0.245 e. The molecule has 458 valence electrons. The number of aliphatic hydroxyl groups is 1. The Morgan fingerprint density at radius 3 is 1.77 bits per heavy atom. The number of nitrogens with zero attached hydrogens (tertiary/aromatic N) is 2. The Balaban J connectivity index is 1.14. The number of likely N-dealkylation sites (N-methyl/N-ethyl adjacent to an activating group) is 1. The van der Waals surface area contributed by atoms with Crippen molar-refractivity contribution in [1.29, 1.82) is 0 Å². The van der Waals surface area contributed by atoms with Crippen molar-refractivity contribution >= 4 is 75.0 Å². The quantitative estimate of drug-likeness (QED) is 0.0176. The molecule has 7 rings (SSSR count). The van der Waals surface area contributed by atoms with Gasteiger partial charge in [0, 0.05) is 79.5 Å². The predicted molar refractivity (Wildman–Crippen MR) is 322 cm³/mol. The van der Waals surface area contributed by atoms with Gasteiger partial charge in [0.2, 0.25) is 47.3 Å². The molecule has 7 atom stereocenters. The molecule has 0 bridgehead atoms. The van der Waals surface area contributed by atoms with Crippen molar-refractivity contribution < 1.29 is 53.0 Å². The number of aliphatic hydroxyl groups excluding tert-OH is 1. The van der Waals surface area contributed by atoms with Crippen LogP contribution in [0.2, 0.25) is 0 Å². The maximum Gasteiger partial charge on any atom is 0.245 e. The highest BCUT2D eigenvalue weighted by Crippen LogP contribution is 2.24. The number of halogens is 1. The van der Waals surface area contributed by atoms with E-state index in [1.165, 1.54) is 41.3 Å². The molecule has 4 aromatic carbocycles. The molecular weight excluding hydrogens is 1110 g/mol. The van der Waals surface area contributed by atoms with E-state index >= 15 is 0 Å². The van der Waals surface area contributed by atoms with Crippen LogP contribution in [0, 0.1) is 11.7 Å². The number of H-pyrrole nitrogens is 2. The summed E-state index contributed by atoms with van der Waals surface area (Å²) in [7, 11) is 0. The van der Waals surface area contributed by atoms with Gasteiger partial charge in [0.15, 0.2) is 5.96 Å². The van der Waals surface area contributed by atoms with Crippen LogP contribution in [-0.4, -0.2) is 147 Å². The fraction of sp³-hybridized carbons (Fsp3) is 0.403. The number of hydrogen-bond acceptors (Lipinski definition) is 11. The Labute approximate surface area is 497 Å². The van der Waals surface area contributed by atoms with Crippen LogP contribution in [0.1, 0.15) is 81.5 Å². The van der Waals surface area contributed by atoms with Gasteiger partial charge in [0.25, 0.3) is 0 Å². The molecule has 0 saturated carbocycles. The van der Waals surface area contributed by atoms with Crippen molar-refractivity contribution in [2.45, 2.75) is 127 Å². The number of phenols is 1. The number of amides is 8. The second kappa shape index (κ2) is 31.0. The van der Waals surface area contributed by atoms with Crippen molar-refractivity contribution in [3.8, 4) is 5.75 Å². The van der Waals surface area contributed by atoms with E-state index in [0.717, 1.165) is 21.8 Å². The van der Waals surface area contributed by atoms with Gasteiger partial charge in [-0.25, -0.2) is 4.39 Å². The third-order valence-corrected chi connectivity index (χ3v) is 15.0. The third kappa shape index (κ3) is 17.9. The minimum Gasteiger partial charge on any atom is -0.508 e. The van der Waals surface area contributed by atoms with Gasteiger partial charge < -0.3 is 73.8 Å². The first-order chi connectivity index (χ1) is 41.3. The number of carbonyl (C=O) groups excluding carboxylic acids is 8. The number of phenolic OH excluding ortho intramolecular Hbond substituents is 1. The van der Waals surface area contributed by atoms with Gasteiger partial charge in [-0.1, -0.05) is 80.6 Å². The van der Waals surface area contributed by atoms with Crippen LogP contribution < -0.4 is 48.7 Å². The Morgan fingerprint density at radius 1 is 0.663 bits per heavy atom. The van der Waals surface area contributed by atoms with Crippen molar-refractivity contribution in [3.63, 3.8) is 0 Å². The number of para-hydroxylation sites is 2. The molecule has 1 fully saturated rings. The molecule has 0 aliphatic carbocycles. The molecule has 0 spiro atoms. The number of benzene rings is 4. The van der Waals surface area contributed by atoms with E-state index in [2.05, 4.69) is 52.2 Å². The summed E-state index contributed by atoms with van der Waals surface area (Å²) in [5.41, 5.74) is 14.6. The zero-order chi connectivity index (χ0) is 61.9. The van der Waals surface area contributed by atoms with Gasteiger partial charge in [0.05, 0.1) is 6.61 Å². The summed E-state index contributed by atoms with van der Waals surface area (Å²) in [4.78, 5) is 126. The predicted octanol–water partition coefficient (Wildman–Crippen LogP) is 2.28. The first-order valence-electron chi connectivity index (χ1n) is 29.0. The van der Waals surface area contributed by atoms with E-state index in [1.807, 2.05) is 56.3 Å². The lowest BCUT2D eigenvalue weighted by Crippen LogP contribution is -2.61. The third-order valence-electron chi connectivity index (χ3n) is 15.0. The van der Waals surface area contributed by atoms with Crippen LogP contribution in [0.25, 0.3) is 21.8 Å². The molecule has 23 nitrogen and oxygen atoms in total. The van der Waals surface area contributed by atoms with Crippen LogP contribution in [0.3, 0.4) is 0 Å². The fourth-order valence-corrected chi connectivity index (χ4v) is 10.6. The fourth-order valence-electron chi connectivity index (χ4n) is 10.6. The molecule has 1 aliphatic heterocycles. The Bertz CT molecular complexity index is 3360. The summed E-state index contributed by atoms with van der Waals surface area (Å²) >= 11 is 0. The molecule has 2 aromatic heterocycles. The van der Waals surface area contributed by atoms with E-state index in [9.17, 15) is 53.0 Å². The largest absolute Gasteiger partial charge is 0.508 e. The average molecular weight is 1180 g/mol. The molecule has 6 aromatic rings. The summed E-state index contributed by atoms with van der Waals surface area (Å²) in [5.74, 6) is -6.61. The number of nitrogens with one attached hydrogen (secondary N) is 9. The molecule has 1 saturated heterocycles. The van der Waals surface area contributed by atoms with Crippen LogP contribution in [0.5, 0.6) is 5.75 Å². The van der Waals surface area contributed by atoms with E-state index in [4.69, 9.17) is 11.5 Å².